The maximum absolute atomic E-state index is 2.37. The minimum absolute atomic E-state index is 1.10. The zero-order valence-corrected chi connectivity index (χ0v) is 27.2. The zero-order chi connectivity index (χ0) is 32.8. The van der Waals surface area contributed by atoms with Crippen LogP contribution in [0.3, 0.4) is 0 Å². The molecule has 8 rings (SSSR count). The summed E-state index contributed by atoms with van der Waals surface area (Å²) in [6.07, 6.45) is 0. The van der Waals surface area contributed by atoms with E-state index in [2.05, 4.69) is 217 Å². The summed E-state index contributed by atoms with van der Waals surface area (Å²) in [6.45, 7) is 0. The smallest absolute Gasteiger partial charge is 0.0540 e. The van der Waals surface area contributed by atoms with Crippen molar-refractivity contribution >= 4 is 17.1 Å². The summed E-state index contributed by atoms with van der Waals surface area (Å²) in [5.41, 5.74) is 15.3. The van der Waals surface area contributed by atoms with Gasteiger partial charge in [0, 0.05) is 16.9 Å². The van der Waals surface area contributed by atoms with Crippen LogP contribution in [0.15, 0.2) is 212 Å². The van der Waals surface area contributed by atoms with Gasteiger partial charge in [-0.25, -0.2) is 0 Å². The predicted molar refractivity (Wildman–Crippen MR) is 208 cm³/mol. The maximum Gasteiger partial charge on any atom is 0.0540 e. The molecule has 0 aromatic heterocycles. The molecule has 232 valence electrons. The maximum atomic E-state index is 2.37. The van der Waals surface area contributed by atoms with E-state index in [0.29, 0.717) is 0 Å². The molecule has 0 saturated carbocycles. The molecule has 1 nitrogen and oxygen atoms in total. The first-order valence-electron chi connectivity index (χ1n) is 16.8. The van der Waals surface area contributed by atoms with Crippen molar-refractivity contribution in [2.24, 2.45) is 0 Å². The summed E-state index contributed by atoms with van der Waals surface area (Å²) >= 11 is 0. The third-order valence-corrected chi connectivity index (χ3v) is 9.09. The second-order valence-corrected chi connectivity index (χ2v) is 12.2. The van der Waals surface area contributed by atoms with Crippen LogP contribution in [0.2, 0.25) is 0 Å². The van der Waals surface area contributed by atoms with Gasteiger partial charge in [-0.05, 0) is 92.5 Å². The molecule has 8 aromatic rings. The Morgan fingerprint density at radius 3 is 1.18 bits per heavy atom. The molecule has 0 bridgehead atoms. The van der Waals surface area contributed by atoms with Crippen LogP contribution in [0, 0.1) is 0 Å². The fourth-order valence-electron chi connectivity index (χ4n) is 6.65. The number of para-hydroxylation sites is 1. The lowest BCUT2D eigenvalue weighted by Crippen LogP contribution is -2.11. The Morgan fingerprint density at radius 1 is 0.224 bits per heavy atom. The average molecular weight is 626 g/mol. The van der Waals surface area contributed by atoms with Gasteiger partial charge in [0.1, 0.15) is 0 Å². The number of anilines is 3. The predicted octanol–water partition coefficient (Wildman–Crippen LogP) is 13.5. The second-order valence-electron chi connectivity index (χ2n) is 12.2. The molecule has 0 aliphatic heterocycles. The third kappa shape index (κ3) is 6.31. The van der Waals surface area contributed by atoms with E-state index in [0.717, 1.165) is 17.1 Å². The number of rotatable bonds is 8. The van der Waals surface area contributed by atoms with Crippen molar-refractivity contribution in [1.29, 1.82) is 0 Å². The Labute approximate surface area is 289 Å². The molecule has 0 unspecified atom stereocenters. The highest BCUT2D eigenvalue weighted by Gasteiger charge is 2.19. The third-order valence-electron chi connectivity index (χ3n) is 9.09. The Bertz CT molecular complexity index is 2280. The topological polar surface area (TPSA) is 3.24 Å². The van der Waals surface area contributed by atoms with Gasteiger partial charge in [-0.2, -0.15) is 0 Å². The molecular weight excluding hydrogens is 591 g/mol. The van der Waals surface area contributed by atoms with Crippen molar-refractivity contribution in [2.75, 3.05) is 4.90 Å². The first-order valence-corrected chi connectivity index (χ1v) is 16.8. The minimum atomic E-state index is 1.10. The van der Waals surface area contributed by atoms with Gasteiger partial charge in [-0.3, -0.25) is 0 Å². The fraction of sp³-hybridized carbons (Fsp3) is 0. The lowest BCUT2D eigenvalue weighted by atomic mass is 9.89. The van der Waals surface area contributed by atoms with Crippen LogP contribution >= 0.6 is 0 Å². The first kappa shape index (κ1) is 29.9. The van der Waals surface area contributed by atoms with Gasteiger partial charge >= 0.3 is 0 Å². The second kappa shape index (κ2) is 13.7. The molecular formula is C48H35N. The number of hydrogen-bond acceptors (Lipinski definition) is 1. The van der Waals surface area contributed by atoms with Crippen molar-refractivity contribution in [3.63, 3.8) is 0 Å². The minimum Gasteiger partial charge on any atom is -0.310 e. The molecule has 0 amide bonds. The van der Waals surface area contributed by atoms with Gasteiger partial charge in [0.05, 0.1) is 5.69 Å². The normalized spacial score (nSPS) is 10.9. The zero-order valence-electron chi connectivity index (χ0n) is 27.2. The van der Waals surface area contributed by atoms with Crippen molar-refractivity contribution in [1.82, 2.24) is 0 Å². The average Bonchev–Trinajstić information content (AvgIpc) is 3.20. The van der Waals surface area contributed by atoms with Crippen LogP contribution in [0.4, 0.5) is 17.1 Å². The van der Waals surface area contributed by atoms with E-state index in [1.165, 1.54) is 55.6 Å². The van der Waals surface area contributed by atoms with Crippen LogP contribution in [0.25, 0.3) is 55.6 Å². The van der Waals surface area contributed by atoms with Crippen molar-refractivity contribution in [3.05, 3.63) is 212 Å². The molecule has 0 atom stereocenters. The molecule has 0 radical (unpaired) electrons. The molecule has 0 aliphatic carbocycles. The van der Waals surface area contributed by atoms with E-state index in [9.17, 15) is 0 Å². The molecule has 0 heterocycles. The monoisotopic (exact) mass is 625 g/mol. The standard InChI is InChI=1S/C48H35N/c1-6-16-36(17-7-1)38-26-30-44(31-27-38)49(43-24-14-5-15-25-43)48-33-29-42(35-47(48)40-22-12-4-13-23-40)46-34-41(37-18-8-2-9-19-37)28-32-45(46)39-20-10-3-11-21-39/h1-35H. The summed E-state index contributed by atoms with van der Waals surface area (Å²) in [7, 11) is 0. The van der Waals surface area contributed by atoms with Crippen LogP contribution in [-0.2, 0) is 0 Å². The van der Waals surface area contributed by atoms with E-state index in [4.69, 9.17) is 0 Å². The number of hydrogen-bond donors (Lipinski definition) is 0. The van der Waals surface area contributed by atoms with Gasteiger partial charge in [-0.1, -0.05) is 170 Å². The molecule has 1 heteroatoms. The quantitative estimate of drug-likeness (QED) is 0.162. The van der Waals surface area contributed by atoms with Crippen LogP contribution in [0.5, 0.6) is 0 Å². The first-order chi connectivity index (χ1) is 24.3. The van der Waals surface area contributed by atoms with E-state index in [1.54, 1.807) is 0 Å². The van der Waals surface area contributed by atoms with Crippen molar-refractivity contribution < 1.29 is 0 Å². The van der Waals surface area contributed by atoms with Gasteiger partial charge in [0.2, 0.25) is 0 Å². The molecule has 0 spiro atoms. The van der Waals surface area contributed by atoms with Gasteiger partial charge in [0.15, 0.2) is 0 Å². The van der Waals surface area contributed by atoms with E-state index in [-0.39, 0.29) is 0 Å². The largest absolute Gasteiger partial charge is 0.310 e. The van der Waals surface area contributed by atoms with Crippen LogP contribution in [-0.4, -0.2) is 0 Å². The summed E-state index contributed by atoms with van der Waals surface area (Å²) in [6, 6.07) is 76.0. The van der Waals surface area contributed by atoms with Crippen LogP contribution < -0.4 is 4.90 Å². The molecule has 8 aromatic carbocycles. The van der Waals surface area contributed by atoms with E-state index in [1.807, 2.05) is 0 Å². The highest BCUT2D eigenvalue weighted by molar-refractivity contribution is 5.94. The molecule has 0 N–H and O–H groups in total. The summed E-state index contributed by atoms with van der Waals surface area (Å²) in [5.74, 6) is 0. The fourth-order valence-corrected chi connectivity index (χ4v) is 6.65. The Morgan fingerprint density at radius 2 is 0.612 bits per heavy atom. The van der Waals surface area contributed by atoms with Gasteiger partial charge in [0.25, 0.3) is 0 Å². The lowest BCUT2D eigenvalue weighted by Gasteiger charge is -2.28. The Hall–Kier alpha value is -6.44. The number of nitrogens with zero attached hydrogens (tertiary/aromatic N) is 1. The van der Waals surface area contributed by atoms with Crippen LogP contribution in [0.1, 0.15) is 0 Å². The van der Waals surface area contributed by atoms with Crippen molar-refractivity contribution in [3.8, 4) is 55.6 Å². The SMILES string of the molecule is c1ccc(-c2ccc(N(c3ccccc3)c3ccc(-c4cc(-c5ccccc5)ccc4-c4ccccc4)cc3-c3ccccc3)cc2)cc1. The highest BCUT2D eigenvalue weighted by atomic mass is 15.1. The molecule has 0 aliphatic rings. The molecule has 49 heavy (non-hydrogen) atoms. The molecule has 0 fully saturated rings. The summed E-state index contributed by atoms with van der Waals surface area (Å²) in [5, 5.41) is 0. The Balaban J connectivity index is 1.32. The van der Waals surface area contributed by atoms with Crippen molar-refractivity contribution in [2.45, 2.75) is 0 Å². The highest BCUT2D eigenvalue weighted by Crippen LogP contribution is 2.44. The van der Waals surface area contributed by atoms with E-state index >= 15 is 0 Å². The summed E-state index contributed by atoms with van der Waals surface area (Å²) in [4.78, 5) is 2.37. The summed E-state index contributed by atoms with van der Waals surface area (Å²) < 4.78 is 0. The lowest BCUT2D eigenvalue weighted by molar-refractivity contribution is 1.28. The Kier molecular flexibility index (Phi) is 8.39. The van der Waals surface area contributed by atoms with E-state index < -0.39 is 0 Å². The van der Waals surface area contributed by atoms with Gasteiger partial charge in [-0.15, -0.1) is 0 Å². The number of benzene rings is 8. The molecule has 0 saturated heterocycles. The van der Waals surface area contributed by atoms with Gasteiger partial charge < -0.3 is 4.90 Å².